The summed E-state index contributed by atoms with van der Waals surface area (Å²) in [7, 11) is -3.77. The lowest BCUT2D eigenvalue weighted by Crippen LogP contribution is -2.45. The van der Waals surface area contributed by atoms with Crippen LogP contribution in [-0.4, -0.2) is 63.0 Å². The minimum atomic E-state index is -3.77. The van der Waals surface area contributed by atoms with Crippen molar-refractivity contribution in [1.29, 1.82) is 0 Å². The van der Waals surface area contributed by atoms with Gasteiger partial charge in [-0.3, -0.25) is 10.2 Å². The summed E-state index contributed by atoms with van der Waals surface area (Å²) in [4.78, 5) is 12.3. The van der Waals surface area contributed by atoms with Crippen LogP contribution in [0.3, 0.4) is 0 Å². The van der Waals surface area contributed by atoms with E-state index in [4.69, 9.17) is 4.74 Å². The van der Waals surface area contributed by atoms with E-state index in [9.17, 15) is 17.6 Å². The van der Waals surface area contributed by atoms with Crippen LogP contribution in [-0.2, 0) is 14.8 Å². The molecule has 0 atom stereocenters. The van der Waals surface area contributed by atoms with E-state index in [0.717, 1.165) is 31.4 Å². The van der Waals surface area contributed by atoms with Crippen molar-refractivity contribution < 1.29 is 22.3 Å². The molecule has 2 saturated heterocycles. The van der Waals surface area contributed by atoms with E-state index >= 15 is 0 Å². The Bertz CT molecular complexity index is 729. The van der Waals surface area contributed by atoms with Gasteiger partial charge in [0.25, 0.3) is 5.91 Å². The van der Waals surface area contributed by atoms with E-state index in [0.29, 0.717) is 26.3 Å². The smallest absolute Gasteiger partial charge is 0.268 e. The average Bonchev–Trinajstić information content (AvgIpc) is 2.63. The lowest BCUT2D eigenvalue weighted by Gasteiger charge is -2.27. The Balaban J connectivity index is 1.80. The summed E-state index contributed by atoms with van der Waals surface area (Å²) in [6.07, 6.45) is 3.04. The molecule has 1 N–H and O–H groups in total. The minimum Gasteiger partial charge on any atom is -0.379 e. The molecule has 1 aromatic rings. The number of morpholine rings is 1. The summed E-state index contributed by atoms with van der Waals surface area (Å²) in [5.74, 6) is -1.37. The number of carbonyl (C=O) groups excluding carboxylic acids is 1. The predicted octanol–water partition coefficient (Wildman–Crippen LogP) is 0.977. The van der Waals surface area contributed by atoms with Gasteiger partial charge in [-0.15, -0.1) is 0 Å². The first-order valence-electron chi connectivity index (χ1n) is 8.42. The maximum atomic E-state index is 14.1. The highest BCUT2D eigenvalue weighted by Gasteiger charge is 2.28. The molecule has 2 heterocycles. The van der Waals surface area contributed by atoms with Crippen molar-refractivity contribution in [3.05, 3.63) is 29.6 Å². The third-order valence-corrected chi connectivity index (χ3v) is 6.30. The van der Waals surface area contributed by atoms with Gasteiger partial charge < -0.3 is 4.74 Å². The van der Waals surface area contributed by atoms with Crippen LogP contribution in [0.5, 0.6) is 0 Å². The predicted molar refractivity (Wildman–Crippen MR) is 88.9 cm³/mol. The molecule has 9 heteroatoms. The number of halogens is 1. The molecular formula is C16H22FN3O4S. The van der Waals surface area contributed by atoms with E-state index in [1.165, 1.54) is 10.4 Å². The second-order valence-corrected chi connectivity index (χ2v) is 8.08. The van der Waals surface area contributed by atoms with Gasteiger partial charge >= 0.3 is 0 Å². The van der Waals surface area contributed by atoms with Crippen LogP contribution in [0, 0.1) is 5.82 Å². The van der Waals surface area contributed by atoms with Crippen LogP contribution >= 0.6 is 0 Å². The molecular weight excluding hydrogens is 349 g/mol. The highest BCUT2D eigenvalue weighted by molar-refractivity contribution is 7.89. The molecule has 0 bridgehead atoms. The fraction of sp³-hybridized carbons (Fsp3) is 0.562. The number of benzene rings is 1. The third-order valence-electron chi connectivity index (χ3n) is 4.41. The molecule has 2 aliphatic rings. The summed E-state index contributed by atoms with van der Waals surface area (Å²) in [5.41, 5.74) is 2.40. The highest BCUT2D eigenvalue weighted by Crippen LogP contribution is 2.20. The van der Waals surface area contributed by atoms with Crippen molar-refractivity contribution in [2.45, 2.75) is 24.2 Å². The monoisotopic (exact) mass is 371 g/mol. The number of piperidine rings is 1. The zero-order valence-electron chi connectivity index (χ0n) is 13.9. The molecule has 0 aromatic heterocycles. The number of sulfonamides is 1. The van der Waals surface area contributed by atoms with E-state index < -0.39 is 21.7 Å². The number of hydrogen-bond donors (Lipinski definition) is 1. The summed E-state index contributed by atoms with van der Waals surface area (Å²) >= 11 is 0. The van der Waals surface area contributed by atoms with Crippen molar-refractivity contribution in [3.63, 3.8) is 0 Å². The van der Waals surface area contributed by atoms with Crippen LogP contribution in [0.25, 0.3) is 0 Å². The summed E-state index contributed by atoms with van der Waals surface area (Å²) in [6, 6.07) is 3.33. The Morgan fingerprint density at radius 3 is 2.44 bits per heavy atom. The minimum absolute atomic E-state index is 0.0837. The van der Waals surface area contributed by atoms with Crippen LogP contribution in [0.1, 0.15) is 29.6 Å². The van der Waals surface area contributed by atoms with Crippen molar-refractivity contribution in [2.75, 3.05) is 39.4 Å². The molecule has 138 valence electrons. The Morgan fingerprint density at radius 2 is 1.76 bits per heavy atom. The van der Waals surface area contributed by atoms with Gasteiger partial charge in [0.15, 0.2) is 0 Å². The summed E-state index contributed by atoms with van der Waals surface area (Å²) in [5, 5.41) is 1.74. The highest BCUT2D eigenvalue weighted by atomic mass is 32.2. The van der Waals surface area contributed by atoms with Gasteiger partial charge in [-0.1, -0.05) is 6.42 Å². The first-order chi connectivity index (χ1) is 12.0. The van der Waals surface area contributed by atoms with E-state index in [2.05, 4.69) is 5.43 Å². The Labute approximate surface area is 146 Å². The van der Waals surface area contributed by atoms with Crippen molar-refractivity contribution in [1.82, 2.24) is 14.7 Å². The Hall–Kier alpha value is -1.55. The molecule has 0 saturated carbocycles. The number of rotatable bonds is 4. The number of carbonyl (C=O) groups is 1. The van der Waals surface area contributed by atoms with Crippen LogP contribution < -0.4 is 5.43 Å². The summed E-state index contributed by atoms with van der Waals surface area (Å²) < 4.78 is 45.9. The van der Waals surface area contributed by atoms with Crippen LogP contribution in [0.2, 0.25) is 0 Å². The maximum Gasteiger partial charge on any atom is 0.268 e. The lowest BCUT2D eigenvalue weighted by atomic mass is 10.1. The first-order valence-corrected chi connectivity index (χ1v) is 9.86. The quantitative estimate of drug-likeness (QED) is 0.854. The number of amides is 1. The molecule has 2 fully saturated rings. The largest absolute Gasteiger partial charge is 0.379 e. The van der Waals surface area contributed by atoms with Crippen molar-refractivity contribution >= 4 is 15.9 Å². The van der Waals surface area contributed by atoms with E-state index in [1.807, 2.05) is 0 Å². The number of hydrazine groups is 1. The van der Waals surface area contributed by atoms with Crippen molar-refractivity contribution in [2.24, 2.45) is 0 Å². The number of nitrogens with zero attached hydrogens (tertiary/aromatic N) is 2. The average molecular weight is 371 g/mol. The second-order valence-electron chi connectivity index (χ2n) is 6.15. The van der Waals surface area contributed by atoms with E-state index in [-0.39, 0.29) is 23.5 Å². The van der Waals surface area contributed by atoms with E-state index in [1.54, 1.807) is 5.01 Å². The molecule has 0 aliphatic carbocycles. The maximum absolute atomic E-state index is 14.1. The number of ether oxygens (including phenoxy) is 1. The topological polar surface area (TPSA) is 79.0 Å². The molecule has 0 unspecified atom stereocenters. The SMILES string of the molecule is O=C(NN1CCCCC1)c1cc(S(=O)(=O)N2CCOCC2)ccc1F. The van der Waals surface area contributed by atoms with Gasteiger partial charge in [0.05, 0.1) is 23.7 Å². The van der Waals surface area contributed by atoms with Gasteiger partial charge in [0.1, 0.15) is 5.82 Å². The van der Waals surface area contributed by atoms with Crippen molar-refractivity contribution in [3.8, 4) is 0 Å². The first kappa shape index (κ1) is 18.2. The molecule has 1 amide bonds. The molecule has 25 heavy (non-hydrogen) atoms. The van der Waals surface area contributed by atoms with Gasteiger partial charge in [0, 0.05) is 26.2 Å². The molecule has 2 aliphatic heterocycles. The van der Waals surface area contributed by atoms with Gasteiger partial charge in [0.2, 0.25) is 10.0 Å². The summed E-state index contributed by atoms with van der Waals surface area (Å²) in [6.45, 7) is 2.55. The Kier molecular flexibility index (Phi) is 5.67. The molecule has 3 rings (SSSR count). The molecule has 7 nitrogen and oxygen atoms in total. The van der Waals surface area contributed by atoms with Gasteiger partial charge in [-0.25, -0.2) is 17.8 Å². The lowest BCUT2D eigenvalue weighted by molar-refractivity contribution is 0.0729. The Morgan fingerprint density at radius 1 is 1.08 bits per heavy atom. The van der Waals surface area contributed by atoms with Crippen LogP contribution in [0.4, 0.5) is 4.39 Å². The normalized spacial score (nSPS) is 20.4. The molecule has 1 aromatic carbocycles. The van der Waals surface area contributed by atoms with Gasteiger partial charge in [-0.2, -0.15) is 4.31 Å². The number of hydrogen-bond acceptors (Lipinski definition) is 5. The fourth-order valence-electron chi connectivity index (χ4n) is 2.98. The third kappa shape index (κ3) is 4.17. The zero-order chi connectivity index (χ0) is 17.9. The fourth-order valence-corrected chi connectivity index (χ4v) is 4.42. The van der Waals surface area contributed by atoms with Crippen LogP contribution in [0.15, 0.2) is 23.1 Å². The number of nitrogens with one attached hydrogen (secondary N) is 1. The molecule has 0 radical (unpaired) electrons. The van der Waals surface area contributed by atoms with Gasteiger partial charge in [-0.05, 0) is 31.0 Å². The second kappa shape index (κ2) is 7.77. The zero-order valence-corrected chi connectivity index (χ0v) is 14.7. The molecule has 0 spiro atoms. The standard InChI is InChI=1S/C16H22FN3O4S/c17-15-5-4-13(25(22,23)20-8-10-24-11-9-20)12-14(15)16(21)18-19-6-2-1-3-7-19/h4-5,12H,1-3,6-11H2,(H,18,21).